The number of fused-ring (bicyclic) bond motifs is 1. The first kappa shape index (κ1) is 26.0. The van der Waals surface area contributed by atoms with E-state index >= 15 is 0 Å². The maximum Gasteiger partial charge on any atom is 0.315 e. The summed E-state index contributed by atoms with van der Waals surface area (Å²) < 4.78 is 34.6. The number of benzene rings is 1. The highest BCUT2D eigenvalue weighted by molar-refractivity contribution is 5.92. The van der Waals surface area contributed by atoms with Crippen LogP contribution in [0.3, 0.4) is 0 Å². The number of hydrogen-bond donors (Lipinski definition) is 2. The van der Waals surface area contributed by atoms with Crippen LogP contribution in [0.1, 0.15) is 40.7 Å². The van der Waals surface area contributed by atoms with Crippen molar-refractivity contribution in [2.75, 3.05) is 13.1 Å². The van der Waals surface area contributed by atoms with Crippen molar-refractivity contribution in [1.82, 2.24) is 45.1 Å². The van der Waals surface area contributed by atoms with Crippen LogP contribution in [0.5, 0.6) is 0 Å². The van der Waals surface area contributed by atoms with Crippen molar-refractivity contribution in [3.05, 3.63) is 78.9 Å². The van der Waals surface area contributed by atoms with E-state index in [0.29, 0.717) is 41.2 Å². The lowest BCUT2D eigenvalue weighted by Gasteiger charge is -2.14. The summed E-state index contributed by atoms with van der Waals surface area (Å²) in [5.41, 5.74) is 2.92. The summed E-state index contributed by atoms with van der Waals surface area (Å²) in [6.45, 7) is 4.57. The molecule has 4 aromatic heterocycles. The Morgan fingerprint density at radius 2 is 2.12 bits per heavy atom. The summed E-state index contributed by atoms with van der Waals surface area (Å²) in [5, 5.41) is 10.4. The zero-order valence-corrected chi connectivity index (χ0v) is 21.5. The molecule has 12 nitrogen and oxygen atoms in total. The second-order valence-corrected chi connectivity index (χ2v) is 9.43. The molecule has 1 atom stereocenters. The molecule has 2 amide bonds. The third kappa shape index (κ3) is 5.06. The molecule has 6 rings (SSSR count). The quantitative estimate of drug-likeness (QED) is 0.274. The van der Waals surface area contributed by atoms with Crippen molar-refractivity contribution >= 4 is 23.0 Å². The van der Waals surface area contributed by atoms with E-state index in [9.17, 15) is 18.4 Å². The Morgan fingerprint density at radius 1 is 1.24 bits per heavy atom. The number of carbonyl (C=O) groups excluding carboxylic acids is 2. The Morgan fingerprint density at radius 3 is 2.90 bits per heavy atom. The van der Waals surface area contributed by atoms with Crippen LogP contribution in [0.4, 0.5) is 8.78 Å². The standard InChI is InChI=1S/C27H23F2N9O3/c1-2-21(39)37-8-6-18(13-37)38-12-17(11-33-38)24-35-22-19(5-7-30-25(22)36-24)15-3-4-16(20(9-15)23(28)29)10-31-26(40)27-32-14-34-41-27/h2-5,7,9,11-12,14,18,23H,1,6,8,10,13H2,(H,31,40)(H,30,35,36). The number of nitrogens with zero attached hydrogens (tertiary/aromatic N) is 7. The number of amides is 2. The van der Waals surface area contributed by atoms with Crippen molar-refractivity contribution in [3.63, 3.8) is 0 Å². The lowest BCUT2D eigenvalue weighted by molar-refractivity contribution is -0.125. The average Bonchev–Trinajstić information content (AvgIpc) is 3.80. The molecule has 5 aromatic rings. The smallest absolute Gasteiger partial charge is 0.315 e. The van der Waals surface area contributed by atoms with E-state index in [-0.39, 0.29) is 35.5 Å². The topological polar surface area (TPSA) is 148 Å². The molecule has 1 fully saturated rings. The van der Waals surface area contributed by atoms with Crippen molar-refractivity contribution in [2.24, 2.45) is 0 Å². The highest BCUT2D eigenvalue weighted by Gasteiger charge is 2.27. The Labute approximate surface area is 231 Å². The molecule has 2 N–H and O–H groups in total. The van der Waals surface area contributed by atoms with Crippen LogP contribution in [0.15, 0.2) is 66.4 Å². The molecular formula is C27H23F2N9O3. The molecule has 14 heteroatoms. The molecule has 208 valence electrons. The summed E-state index contributed by atoms with van der Waals surface area (Å²) in [6.07, 6.45) is 5.49. The molecular weight excluding hydrogens is 536 g/mol. The van der Waals surface area contributed by atoms with Crippen LogP contribution in [0.25, 0.3) is 33.7 Å². The van der Waals surface area contributed by atoms with Gasteiger partial charge in [-0.3, -0.25) is 14.3 Å². The number of rotatable bonds is 8. The number of pyridine rings is 1. The van der Waals surface area contributed by atoms with Gasteiger partial charge in [-0.2, -0.15) is 10.1 Å². The molecule has 1 aliphatic rings. The van der Waals surface area contributed by atoms with Crippen molar-refractivity contribution in [3.8, 4) is 22.5 Å². The molecule has 1 unspecified atom stereocenters. The molecule has 0 bridgehead atoms. The van der Waals surface area contributed by atoms with Crippen molar-refractivity contribution in [1.29, 1.82) is 0 Å². The number of aromatic nitrogens is 7. The third-order valence-corrected chi connectivity index (χ3v) is 6.98. The number of alkyl halides is 2. The lowest BCUT2D eigenvalue weighted by Crippen LogP contribution is -2.27. The van der Waals surface area contributed by atoms with E-state index in [2.05, 4.69) is 42.1 Å². The predicted octanol–water partition coefficient (Wildman–Crippen LogP) is 3.70. The van der Waals surface area contributed by atoms with Gasteiger partial charge in [0.25, 0.3) is 6.43 Å². The number of carbonyl (C=O) groups is 2. The van der Waals surface area contributed by atoms with E-state index in [1.807, 2.05) is 10.9 Å². The fourth-order valence-electron chi connectivity index (χ4n) is 4.89. The molecule has 5 heterocycles. The fourth-order valence-corrected chi connectivity index (χ4v) is 4.89. The summed E-state index contributed by atoms with van der Waals surface area (Å²) in [6, 6.07) is 6.39. The van der Waals surface area contributed by atoms with E-state index < -0.39 is 12.3 Å². The first-order valence-corrected chi connectivity index (χ1v) is 12.7. The molecule has 1 saturated heterocycles. The molecule has 0 aliphatic carbocycles. The van der Waals surface area contributed by atoms with Gasteiger partial charge in [0.1, 0.15) is 5.82 Å². The highest BCUT2D eigenvalue weighted by Crippen LogP contribution is 2.33. The fraction of sp³-hybridized carbons (Fsp3) is 0.222. The maximum absolute atomic E-state index is 14.1. The second-order valence-electron chi connectivity index (χ2n) is 9.43. The lowest BCUT2D eigenvalue weighted by atomic mass is 9.99. The van der Waals surface area contributed by atoms with E-state index in [0.717, 1.165) is 18.3 Å². The Hall–Kier alpha value is -5.27. The molecule has 0 spiro atoms. The minimum absolute atomic E-state index is 0.0359. The largest absolute Gasteiger partial charge is 0.344 e. The number of aromatic amines is 1. The first-order valence-electron chi connectivity index (χ1n) is 12.7. The normalized spacial score (nSPS) is 15.1. The van der Waals surface area contributed by atoms with Gasteiger partial charge >= 0.3 is 11.8 Å². The van der Waals surface area contributed by atoms with Crippen molar-refractivity contribution < 1.29 is 22.9 Å². The number of imidazole rings is 1. The number of likely N-dealkylation sites (tertiary alicyclic amines) is 1. The molecule has 0 radical (unpaired) electrons. The summed E-state index contributed by atoms with van der Waals surface area (Å²) in [5.74, 6) is -0.496. The Balaban J connectivity index is 1.26. The summed E-state index contributed by atoms with van der Waals surface area (Å²) in [7, 11) is 0. The van der Waals surface area contributed by atoms with Gasteiger partial charge in [0, 0.05) is 43.2 Å². The number of hydrogen-bond acceptors (Lipinski definition) is 8. The van der Waals surface area contributed by atoms with Gasteiger partial charge in [-0.25, -0.2) is 18.7 Å². The van der Waals surface area contributed by atoms with Crippen LogP contribution in [0.2, 0.25) is 0 Å². The Kier molecular flexibility index (Phi) is 6.79. The number of halogens is 2. The van der Waals surface area contributed by atoms with Gasteiger partial charge in [-0.1, -0.05) is 23.9 Å². The second kappa shape index (κ2) is 10.7. The van der Waals surface area contributed by atoms with Crippen LogP contribution in [0, 0.1) is 0 Å². The number of H-pyrrole nitrogens is 1. The van der Waals surface area contributed by atoms with E-state index in [4.69, 9.17) is 4.52 Å². The van der Waals surface area contributed by atoms with Crippen molar-refractivity contribution in [2.45, 2.75) is 25.4 Å². The summed E-state index contributed by atoms with van der Waals surface area (Å²) >= 11 is 0. The molecule has 1 aliphatic heterocycles. The zero-order valence-electron chi connectivity index (χ0n) is 21.5. The Bertz CT molecular complexity index is 1750. The molecule has 1 aromatic carbocycles. The zero-order chi connectivity index (χ0) is 28.5. The minimum atomic E-state index is -2.78. The van der Waals surface area contributed by atoms with Crippen LogP contribution < -0.4 is 5.32 Å². The van der Waals surface area contributed by atoms with E-state index in [1.54, 1.807) is 35.5 Å². The number of nitrogens with one attached hydrogen (secondary N) is 2. The monoisotopic (exact) mass is 559 g/mol. The van der Waals surface area contributed by atoms with Crippen LogP contribution in [-0.2, 0) is 11.3 Å². The molecule has 41 heavy (non-hydrogen) atoms. The minimum Gasteiger partial charge on any atom is -0.344 e. The van der Waals surface area contributed by atoms with Gasteiger partial charge in [-0.05, 0) is 35.8 Å². The highest BCUT2D eigenvalue weighted by atomic mass is 19.3. The van der Waals surface area contributed by atoms with Gasteiger partial charge in [0.05, 0.1) is 23.3 Å². The van der Waals surface area contributed by atoms with Crippen LogP contribution >= 0.6 is 0 Å². The van der Waals surface area contributed by atoms with Crippen LogP contribution in [-0.4, -0.2) is 64.7 Å². The third-order valence-electron chi connectivity index (χ3n) is 6.98. The SMILES string of the molecule is C=CC(=O)N1CCC(n2cc(-c3nc4nccc(-c5ccc(CNC(=O)c6ncno6)c(C(F)F)c5)c4[nH]3)cn2)C1. The van der Waals surface area contributed by atoms with Gasteiger partial charge in [0.15, 0.2) is 12.0 Å². The van der Waals surface area contributed by atoms with Gasteiger partial charge in [-0.15, -0.1) is 0 Å². The van der Waals surface area contributed by atoms with Gasteiger partial charge in [0.2, 0.25) is 5.91 Å². The maximum atomic E-state index is 14.1. The van der Waals surface area contributed by atoms with Gasteiger partial charge < -0.3 is 19.7 Å². The molecule has 0 saturated carbocycles. The summed E-state index contributed by atoms with van der Waals surface area (Å²) in [4.78, 5) is 41.6. The predicted molar refractivity (Wildman–Crippen MR) is 141 cm³/mol. The first-order chi connectivity index (χ1) is 19.9. The van der Waals surface area contributed by atoms with E-state index in [1.165, 1.54) is 12.1 Å². The average molecular weight is 560 g/mol.